The van der Waals surface area contributed by atoms with Crippen molar-refractivity contribution in [3.8, 4) is 11.5 Å². The zero-order valence-electron chi connectivity index (χ0n) is 18.7. The maximum Gasteiger partial charge on any atom is 0.315 e. The first kappa shape index (κ1) is 22.9. The molecule has 0 unspecified atom stereocenters. The lowest BCUT2D eigenvalue weighted by Gasteiger charge is -2.41. The van der Waals surface area contributed by atoms with Crippen LogP contribution in [0, 0.1) is 5.82 Å². The number of hydrogen-bond donors (Lipinski definition) is 2. The highest BCUT2D eigenvalue weighted by Gasteiger charge is 2.33. The van der Waals surface area contributed by atoms with Crippen molar-refractivity contribution in [3.63, 3.8) is 0 Å². The van der Waals surface area contributed by atoms with Gasteiger partial charge in [0.1, 0.15) is 5.82 Å². The van der Waals surface area contributed by atoms with Crippen LogP contribution in [-0.4, -0.2) is 44.3 Å². The summed E-state index contributed by atoms with van der Waals surface area (Å²) in [6, 6.07) is 10.2. The number of halogens is 1. The van der Waals surface area contributed by atoms with Gasteiger partial charge < -0.3 is 20.1 Å². The average molecular weight is 430 g/mol. The van der Waals surface area contributed by atoms with E-state index in [1.165, 1.54) is 11.6 Å². The predicted molar refractivity (Wildman–Crippen MR) is 119 cm³/mol. The van der Waals surface area contributed by atoms with Crippen molar-refractivity contribution in [3.05, 3.63) is 58.9 Å². The number of amides is 2. The molecule has 2 amide bonds. The minimum absolute atomic E-state index is 0.0980. The Hall–Kier alpha value is -2.80. The fourth-order valence-electron chi connectivity index (χ4n) is 4.24. The Balaban J connectivity index is 1.94. The van der Waals surface area contributed by atoms with Crippen molar-refractivity contribution in [1.29, 1.82) is 0 Å². The van der Waals surface area contributed by atoms with E-state index in [1.807, 2.05) is 32.0 Å². The van der Waals surface area contributed by atoms with E-state index < -0.39 is 0 Å². The van der Waals surface area contributed by atoms with Gasteiger partial charge in [0, 0.05) is 25.7 Å². The lowest BCUT2D eigenvalue weighted by atomic mass is 9.87. The summed E-state index contributed by atoms with van der Waals surface area (Å²) in [6.07, 6.45) is 1.70. The third-order valence-corrected chi connectivity index (χ3v) is 5.67. The molecule has 2 aromatic rings. The van der Waals surface area contributed by atoms with Gasteiger partial charge in [-0.2, -0.15) is 0 Å². The lowest BCUT2D eigenvalue weighted by Crippen LogP contribution is -2.50. The first-order valence-corrected chi connectivity index (χ1v) is 10.7. The smallest absolute Gasteiger partial charge is 0.315 e. The molecule has 2 aromatic carbocycles. The van der Waals surface area contributed by atoms with Gasteiger partial charge in [-0.3, -0.25) is 4.90 Å². The molecule has 0 aliphatic carbocycles. The summed E-state index contributed by atoms with van der Waals surface area (Å²) in [6.45, 7) is 6.00. The van der Waals surface area contributed by atoms with Gasteiger partial charge in [0.05, 0.1) is 20.3 Å². The summed E-state index contributed by atoms with van der Waals surface area (Å²) < 4.78 is 24.8. The van der Waals surface area contributed by atoms with Gasteiger partial charge in [-0.15, -0.1) is 0 Å². The molecule has 31 heavy (non-hydrogen) atoms. The first-order valence-electron chi connectivity index (χ1n) is 10.7. The van der Waals surface area contributed by atoms with E-state index in [0.29, 0.717) is 24.6 Å². The first-order chi connectivity index (χ1) is 15.0. The van der Waals surface area contributed by atoms with Crippen molar-refractivity contribution in [2.45, 2.75) is 45.3 Å². The van der Waals surface area contributed by atoms with Crippen molar-refractivity contribution >= 4 is 6.03 Å². The Labute approximate surface area is 183 Å². The normalized spacial score (nSPS) is 16.9. The van der Waals surface area contributed by atoms with E-state index in [9.17, 15) is 9.18 Å². The van der Waals surface area contributed by atoms with Gasteiger partial charge in [0.15, 0.2) is 11.5 Å². The molecule has 0 fully saturated rings. The number of nitrogens with one attached hydrogen (secondary N) is 2. The monoisotopic (exact) mass is 429 g/mol. The molecule has 2 atom stereocenters. The SMILES string of the molecule is CCCNC(=O)N[C@@H](C)[C@H]1c2cc(OC)c(OC)cc2CCN1Cc1cccc(F)c1. The summed E-state index contributed by atoms with van der Waals surface area (Å²) in [5, 5.41) is 5.96. The number of benzene rings is 2. The molecule has 168 valence electrons. The molecule has 0 aromatic heterocycles. The Bertz CT molecular complexity index is 906. The highest BCUT2D eigenvalue weighted by molar-refractivity contribution is 5.74. The molecule has 1 heterocycles. The second-order valence-corrected chi connectivity index (χ2v) is 7.89. The Morgan fingerprint density at radius 3 is 2.65 bits per heavy atom. The van der Waals surface area contributed by atoms with Gasteiger partial charge in [0.2, 0.25) is 0 Å². The van der Waals surface area contributed by atoms with Crippen LogP contribution in [0.25, 0.3) is 0 Å². The number of carbonyl (C=O) groups is 1. The summed E-state index contributed by atoms with van der Waals surface area (Å²) in [4.78, 5) is 14.7. The quantitative estimate of drug-likeness (QED) is 0.665. The average Bonchev–Trinajstić information content (AvgIpc) is 2.76. The van der Waals surface area contributed by atoms with Crippen LogP contribution in [0.15, 0.2) is 36.4 Å². The molecule has 1 aliphatic rings. The highest BCUT2D eigenvalue weighted by atomic mass is 19.1. The van der Waals surface area contributed by atoms with E-state index in [0.717, 1.165) is 30.5 Å². The standard InChI is InChI=1S/C24H32FN3O3/c1-5-10-26-24(29)27-16(2)23-20-14-22(31-4)21(30-3)13-18(20)9-11-28(23)15-17-7-6-8-19(25)12-17/h6-8,12-14,16,23H,5,9-11,15H2,1-4H3,(H2,26,27,29)/t16-,23-/m0/s1. The van der Waals surface area contributed by atoms with Gasteiger partial charge in [0.25, 0.3) is 0 Å². The third-order valence-electron chi connectivity index (χ3n) is 5.67. The van der Waals surface area contributed by atoms with Gasteiger partial charge in [-0.25, -0.2) is 9.18 Å². The van der Waals surface area contributed by atoms with E-state index in [2.05, 4.69) is 15.5 Å². The third kappa shape index (κ3) is 5.47. The number of fused-ring (bicyclic) bond motifs is 1. The van der Waals surface area contributed by atoms with Crippen LogP contribution >= 0.6 is 0 Å². The van der Waals surface area contributed by atoms with E-state index in [1.54, 1.807) is 26.4 Å². The van der Waals surface area contributed by atoms with Crippen LogP contribution in [-0.2, 0) is 13.0 Å². The topological polar surface area (TPSA) is 62.8 Å². The minimum Gasteiger partial charge on any atom is -0.493 e. The van der Waals surface area contributed by atoms with E-state index in [4.69, 9.17) is 9.47 Å². The lowest BCUT2D eigenvalue weighted by molar-refractivity contribution is 0.143. The Kier molecular flexibility index (Phi) is 7.74. The molecular weight excluding hydrogens is 397 g/mol. The second kappa shape index (κ2) is 10.5. The molecule has 0 radical (unpaired) electrons. The molecule has 0 saturated heterocycles. The summed E-state index contributed by atoms with van der Waals surface area (Å²) in [7, 11) is 3.25. The molecule has 3 rings (SSSR count). The molecule has 6 nitrogen and oxygen atoms in total. The van der Waals surface area contributed by atoms with Crippen molar-refractivity contribution < 1.29 is 18.7 Å². The number of methoxy groups -OCH3 is 2. The van der Waals surface area contributed by atoms with Crippen molar-refractivity contribution in [2.24, 2.45) is 0 Å². The summed E-state index contributed by atoms with van der Waals surface area (Å²) in [5.41, 5.74) is 3.15. The summed E-state index contributed by atoms with van der Waals surface area (Å²) in [5.74, 6) is 1.10. The maximum absolute atomic E-state index is 13.8. The molecule has 2 N–H and O–H groups in total. The van der Waals surface area contributed by atoms with Crippen LogP contribution in [0.2, 0.25) is 0 Å². The van der Waals surface area contributed by atoms with Crippen molar-refractivity contribution in [1.82, 2.24) is 15.5 Å². The minimum atomic E-state index is -0.247. The largest absolute Gasteiger partial charge is 0.493 e. The van der Waals surface area contributed by atoms with Crippen LogP contribution in [0.3, 0.4) is 0 Å². The molecule has 0 saturated carbocycles. The Morgan fingerprint density at radius 1 is 1.23 bits per heavy atom. The van der Waals surface area contributed by atoms with Crippen molar-refractivity contribution in [2.75, 3.05) is 27.3 Å². The fourth-order valence-corrected chi connectivity index (χ4v) is 4.24. The molecular formula is C24H32FN3O3. The predicted octanol–water partition coefficient (Wildman–Crippen LogP) is 4.04. The number of rotatable bonds is 8. The van der Waals surface area contributed by atoms with E-state index in [-0.39, 0.29) is 23.9 Å². The van der Waals surface area contributed by atoms with Crippen LogP contribution < -0.4 is 20.1 Å². The number of urea groups is 1. The van der Waals surface area contributed by atoms with Gasteiger partial charge >= 0.3 is 6.03 Å². The highest BCUT2D eigenvalue weighted by Crippen LogP contribution is 2.40. The van der Waals surface area contributed by atoms with E-state index >= 15 is 0 Å². The molecule has 1 aliphatic heterocycles. The number of hydrogen-bond acceptors (Lipinski definition) is 4. The van der Waals surface area contributed by atoms with Crippen LogP contribution in [0.5, 0.6) is 11.5 Å². The second-order valence-electron chi connectivity index (χ2n) is 7.89. The fraction of sp³-hybridized carbons (Fsp3) is 0.458. The molecule has 7 heteroatoms. The Morgan fingerprint density at radius 2 is 1.97 bits per heavy atom. The molecule has 0 spiro atoms. The maximum atomic E-state index is 13.8. The van der Waals surface area contributed by atoms with Crippen LogP contribution in [0.1, 0.15) is 43.0 Å². The zero-order chi connectivity index (χ0) is 22.4. The summed E-state index contributed by atoms with van der Waals surface area (Å²) >= 11 is 0. The van der Waals surface area contributed by atoms with Gasteiger partial charge in [-0.1, -0.05) is 19.1 Å². The number of nitrogens with zero attached hydrogens (tertiary/aromatic N) is 1. The molecule has 0 bridgehead atoms. The zero-order valence-corrected chi connectivity index (χ0v) is 18.7. The van der Waals surface area contributed by atoms with Gasteiger partial charge in [-0.05, 0) is 60.7 Å². The van der Waals surface area contributed by atoms with Crippen LogP contribution in [0.4, 0.5) is 9.18 Å². The number of carbonyl (C=O) groups excluding carboxylic acids is 1. The number of ether oxygens (including phenoxy) is 2.